The fourth-order valence-corrected chi connectivity index (χ4v) is 2.73. The summed E-state index contributed by atoms with van der Waals surface area (Å²) < 4.78 is 7.08. The number of carbonyl (C=O) groups excluding carboxylic acids is 1. The molecule has 0 aromatic carbocycles. The molecule has 1 fully saturated rings. The average Bonchev–Trinajstić information content (AvgIpc) is 2.90. The number of aryl methyl sites for hydroxylation is 1. The molecule has 0 radical (unpaired) electrons. The van der Waals surface area contributed by atoms with E-state index in [2.05, 4.69) is 4.98 Å². The van der Waals surface area contributed by atoms with Gasteiger partial charge in [-0.15, -0.1) is 0 Å². The average molecular weight is 279 g/mol. The zero-order valence-corrected chi connectivity index (χ0v) is 11.1. The van der Waals surface area contributed by atoms with Crippen molar-refractivity contribution in [2.75, 3.05) is 19.7 Å². The Bertz CT molecular complexity index is 540. The molecule has 20 heavy (non-hydrogen) atoms. The quantitative estimate of drug-likeness (QED) is 0.832. The third kappa shape index (κ3) is 2.29. The number of imidazole rings is 1. The number of carbonyl (C=O) groups is 2. The van der Waals surface area contributed by atoms with Gasteiger partial charge in [0.25, 0.3) is 5.91 Å². The summed E-state index contributed by atoms with van der Waals surface area (Å²) in [4.78, 5) is 29.2. The second-order valence-corrected chi connectivity index (χ2v) is 5.13. The first-order valence-electron chi connectivity index (χ1n) is 6.85. The van der Waals surface area contributed by atoms with Crippen LogP contribution in [0.4, 0.5) is 0 Å². The number of morpholine rings is 1. The van der Waals surface area contributed by atoms with Crippen LogP contribution in [0.15, 0.2) is 6.20 Å². The number of hydrogen-bond acceptors (Lipinski definition) is 4. The molecule has 2 aliphatic heterocycles. The molecular weight excluding hydrogens is 262 g/mol. The van der Waals surface area contributed by atoms with Crippen LogP contribution < -0.4 is 0 Å². The van der Waals surface area contributed by atoms with Gasteiger partial charge in [-0.05, 0) is 19.3 Å². The van der Waals surface area contributed by atoms with E-state index in [0.717, 1.165) is 31.5 Å². The van der Waals surface area contributed by atoms with Crippen LogP contribution in [0.25, 0.3) is 0 Å². The van der Waals surface area contributed by atoms with Gasteiger partial charge in [0, 0.05) is 25.0 Å². The highest BCUT2D eigenvalue weighted by molar-refractivity contribution is 5.91. The minimum atomic E-state index is -1.03. The van der Waals surface area contributed by atoms with Crippen molar-refractivity contribution in [3.63, 3.8) is 0 Å². The van der Waals surface area contributed by atoms with Crippen molar-refractivity contribution >= 4 is 11.9 Å². The van der Waals surface area contributed by atoms with Gasteiger partial charge in [-0.1, -0.05) is 0 Å². The summed E-state index contributed by atoms with van der Waals surface area (Å²) in [6.07, 6.45) is 3.92. The Balaban J connectivity index is 1.78. The maximum absolute atomic E-state index is 12.5. The zero-order chi connectivity index (χ0) is 14.1. The fraction of sp³-hybridized carbons (Fsp3) is 0.615. The molecular formula is C13H17N3O4. The Hall–Kier alpha value is -1.89. The number of rotatable bonds is 2. The maximum atomic E-state index is 12.5. The van der Waals surface area contributed by atoms with Crippen LogP contribution >= 0.6 is 0 Å². The van der Waals surface area contributed by atoms with Gasteiger partial charge < -0.3 is 19.3 Å². The molecule has 0 aliphatic carbocycles. The minimum absolute atomic E-state index is 0.0797. The lowest BCUT2D eigenvalue weighted by Gasteiger charge is -2.31. The number of carboxylic acids is 1. The second kappa shape index (κ2) is 5.24. The van der Waals surface area contributed by atoms with E-state index in [0.29, 0.717) is 12.4 Å². The first-order valence-corrected chi connectivity index (χ1v) is 6.85. The Morgan fingerprint density at radius 1 is 1.35 bits per heavy atom. The molecule has 3 rings (SSSR count). The number of carboxylic acid groups (broad SMARTS) is 1. The molecule has 1 N–H and O–H groups in total. The van der Waals surface area contributed by atoms with E-state index in [9.17, 15) is 9.59 Å². The van der Waals surface area contributed by atoms with Gasteiger partial charge in [0.2, 0.25) is 0 Å². The van der Waals surface area contributed by atoms with E-state index in [4.69, 9.17) is 9.84 Å². The van der Waals surface area contributed by atoms with Crippen LogP contribution in [0, 0.1) is 0 Å². The highest BCUT2D eigenvalue weighted by Crippen LogP contribution is 2.18. The van der Waals surface area contributed by atoms with Gasteiger partial charge in [-0.25, -0.2) is 9.78 Å². The number of hydrogen-bond donors (Lipinski definition) is 1. The van der Waals surface area contributed by atoms with Crippen LogP contribution in [0.2, 0.25) is 0 Å². The first kappa shape index (κ1) is 13.1. The standard InChI is InChI=1S/C13H17N3O4/c17-12(15-5-6-20-10(8-15)13(18)19)11-14-7-9-3-1-2-4-16(9)11/h7,10H,1-6,8H2,(H,18,19). The van der Waals surface area contributed by atoms with Crippen molar-refractivity contribution in [3.8, 4) is 0 Å². The van der Waals surface area contributed by atoms with Crippen molar-refractivity contribution in [2.45, 2.75) is 31.9 Å². The van der Waals surface area contributed by atoms with Crippen molar-refractivity contribution in [3.05, 3.63) is 17.7 Å². The van der Waals surface area contributed by atoms with Crippen LogP contribution in [0.1, 0.15) is 29.2 Å². The lowest BCUT2D eigenvalue weighted by atomic mass is 10.1. The van der Waals surface area contributed by atoms with Crippen LogP contribution in [-0.4, -0.2) is 57.2 Å². The highest BCUT2D eigenvalue weighted by Gasteiger charge is 2.31. The monoisotopic (exact) mass is 279 g/mol. The summed E-state index contributed by atoms with van der Waals surface area (Å²) in [5, 5.41) is 8.98. The molecule has 1 amide bonds. The molecule has 108 valence electrons. The highest BCUT2D eigenvalue weighted by atomic mass is 16.5. The van der Waals surface area contributed by atoms with Crippen LogP contribution in [0.5, 0.6) is 0 Å². The molecule has 0 spiro atoms. The largest absolute Gasteiger partial charge is 0.479 e. The summed E-state index contributed by atoms with van der Waals surface area (Å²) in [6, 6.07) is 0. The van der Waals surface area contributed by atoms with Crippen molar-refractivity contribution in [2.24, 2.45) is 0 Å². The molecule has 1 aromatic heterocycles. The lowest BCUT2D eigenvalue weighted by Crippen LogP contribution is -2.49. The van der Waals surface area contributed by atoms with Crippen molar-refractivity contribution in [1.82, 2.24) is 14.5 Å². The Kier molecular flexibility index (Phi) is 3.43. The molecule has 3 heterocycles. The van der Waals surface area contributed by atoms with Gasteiger partial charge in [0.15, 0.2) is 11.9 Å². The van der Waals surface area contributed by atoms with Crippen LogP contribution in [0.3, 0.4) is 0 Å². The Morgan fingerprint density at radius 3 is 3.00 bits per heavy atom. The number of fused-ring (bicyclic) bond motifs is 1. The topological polar surface area (TPSA) is 84.7 Å². The number of nitrogens with zero attached hydrogens (tertiary/aromatic N) is 3. The summed E-state index contributed by atoms with van der Waals surface area (Å²) in [5.74, 6) is -0.814. The van der Waals surface area contributed by atoms with E-state index in [-0.39, 0.29) is 19.1 Å². The Morgan fingerprint density at radius 2 is 2.20 bits per heavy atom. The predicted octanol–water partition coefficient (Wildman–Crippen LogP) is 0.145. The lowest BCUT2D eigenvalue weighted by molar-refractivity contribution is -0.154. The van der Waals surface area contributed by atoms with Crippen molar-refractivity contribution < 1.29 is 19.4 Å². The minimum Gasteiger partial charge on any atom is -0.479 e. The molecule has 2 aliphatic rings. The first-order chi connectivity index (χ1) is 9.66. The van der Waals surface area contributed by atoms with E-state index < -0.39 is 12.1 Å². The summed E-state index contributed by atoms with van der Waals surface area (Å²) in [7, 11) is 0. The number of aliphatic carboxylic acids is 1. The molecule has 1 unspecified atom stereocenters. The smallest absolute Gasteiger partial charge is 0.334 e. The van der Waals surface area contributed by atoms with Gasteiger partial charge in [-0.2, -0.15) is 0 Å². The summed E-state index contributed by atoms with van der Waals surface area (Å²) >= 11 is 0. The van der Waals surface area contributed by atoms with Gasteiger partial charge in [0.05, 0.1) is 13.2 Å². The molecule has 7 heteroatoms. The van der Waals surface area contributed by atoms with Crippen LogP contribution in [-0.2, 0) is 22.5 Å². The van der Waals surface area contributed by atoms with Gasteiger partial charge >= 0.3 is 5.97 Å². The van der Waals surface area contributed by atoms with E-state index in [1.165, 1.54) is 4.90 Å². The third-order valence-corrected chi connectivity index (χ3v) is 3.82. The second-order valence-electron chi connectivity index (χ2n) is 5.13. The molecule has 1 aromatic rings. The van der Waals surface area contributed by atoms with Gasteiger partial charge in [0.1, 0.15) is 0 Å². The SMILES string of the molecule is O=C(O)C1CN(C(=O)c2ncc3n2CCCC3)CCO1. The molecule has 1 atom stereocenters. The third-order valence-electron chi connectivity index (χ3n) is 3.82. The van der Waals surface area contributed by atoms with Crippen molar-refractivity contribution in [1.29, 1.82) is 0 Å². The normalized spacial score (nSPS) is 22.4. The van der Waals surface area contributed by atoms with E-state index in [1.54, 1.807) is 6.20 Å². The summed E-state index contributed by atoms with van der Waals surface area (Å²) in [6.45, 7) is 1.54. The fourth-order valence-electron chi connectivity index (χ4n) is 2.73. The van der Waals surface area contributed by atoms with Gasteiger partial charge in [-0.3, -0.25) is 4.79 Å². The van der Waals surface area contributed by atoms with E-state index in [1.807, 2.05) is 4.57 Å². The molecule has 0 bridgehead atoms. The maximum Gasteiger partial charge on any atom is 0.334 e. The number of amides is 1. The molecule has 1 saturated heterocycles. The molecule has 7 nitrogen and oxygen atoms in total. The predicted molar refractivity (Wildman–Crippen MR) is 68.4 cm³/mol. The number of ether oxygens (including phenoxy) is 1. The van der Waals surface area contributed by atoms with E-state index >= 15 is 0 Å². The summed E-state index contributed by atoms with van der Waals surface area (Å²) in [5.41, 5.74) is 1.09. The Labute approximate surface area is 116 Å². The number of aromatic nitrogens is 2. The zero-order valence-electron chi connectivity index (χ0n) is 11.1. The molecule has 0 saturated carbocycles.